The minimum Gasteiger partial charge on any atom is -0.394 e. The van der Waals surface area contributed by atoms with Gasteiger partial charge in [0.05, 0.1) is 53.5 Å². The molecule has 0 spiro atoms. The number of nitrogens with zero attached hydrogens (tertiary/aromatic N) is 7. The lowest BCUT2D eigenvalue weighted by Crippen LogP contribution is -2.38. The van der Waals surface area contributed by atoms with Crippen molar-refractivity contribution in [2.24, 2.45) is 5.41 Å². The highest BCUT2D eigenvalue weighted by molar-refractivity contribution is 5.64. The van der Waals surface area contributed by atoms with Crippen molar-refractivity contribution < 1.29 is 19.0 Å². The molecule has 2 N–H and O–H groups in total. The maximum Gasteiger partial charge on any atom is 0.181 e. The van der Waals surface area contributed by atoms with Crippen LogP contribution in [0, 0.1) is 17.0 Å². The summed E-state index contributed by atoms with van der Waals surface area (Å²) in [7, 11) is 0. The summed E-state index contributed by atoms with van der Waals surface area (Å²) in [5.41, 5.74) is 2.07. The first-order chi connectivity index (χ1) is 17.8. The van der Waals surface area contributed by atoms with E-state index in [1.165, 1.54) is 29.2 Å². The lowest BCUT2D eigenvalue weighted by atomic mass is 9.66. The second-order valence-electron chi connectivity index (χ2n) is 10.2. The van der Waals surface area contributed by atoms with Gasteiger partial charge in [0, 0.05) is 6.20 Å². The lowest BCUT2D eigenvalue weighted by molar-refractivity contribution is 0.0746. The van der Waals surface area contributed by atoms with Gasteiger partial charge in [0.2, 0.25) is 0 Å². The van der Waals surface area contributed by atoms with Crippen molar-refractivity contribution in [2.75, 3.05) is 6.61 Å². The van der Waals surface area contributed by atoms with Gasteiger partial charge in [0.25, 0.3) is 0 Å². The lowest BCUT2D eigenvalue weighted by Gasteiger charge is -2.37. The topological polar surface area (TPSA) is 123 Å². The predicted octanol–water partition coefficient (Wildman–Crippen LogP) is 3.03. The summed E-state index contributed by atoms with van der Waals surface area (Å²) in [6.45, 7) is 3.99. The summed E-state index contributed by atoms with van der Waals surface area (Å²) in [6.07, 6.45) is 3.89. The Balaban J connectivity index is 1.43. The van der Waals surface area contributed by atoms with Crippen molar-refractivity contribution in [1.29, 1.82) is 0 Å². The number of benzene rings is 1. The van der Waals surface area contributed by atoms with E-state index >= 15 is 0 Å². The molecule has 0 aliphatic heterocycles. The molecule has 0 amide bonds. The molecule has 6 rings (SSSR count). The third-order valence-corrected chi connectivity index (χ3v) is 8.04. The van der Waals surface area contributed by atoms with Gasteiger partial charge in [-0.3, -0.25) is 0 Å². The molecule has 0 saturated heterocycles. The monoisotopic (exact) mass is 505 g/mol. The van der Waals surface area contributed by atoms with Crippen LogP contribution >= 0.6 is 0 Å². The highest BCUT2D eigenvalue weighted by atomic mass is 19.1. The van der Waals surface area contributed by atoms with Crippen LogP contribution in [0.2, 0.25) is 0 Å². The van der Waals surface area contributed by atoms with Crippen molar-refractivity contribution in [1.82, 2.24) is 35.2 Å². The molecule has 4 aromatic rings. The number of rotatable bonds is 6. The van der Waals surface area contributed by atoms with Crippen LogP contribution in [0.3, 0.4) is 0 Å². The average molecular weight is 506 g/mol. The fourth-order valence-electron chi connectivity index (χ4n) is 6.21. The first kappa shape index (κ1) is 23.7. The van der Waals surface area contributed by atoms with Gasteiger partial charge in [-0.25, -0.2) is 18.7 Å². The van der Waals surface area contributed by atoms with Crippen LogP contribution in [0.4, 0.5) is 8.78 Å². The standard InChI is InChI=1S/C26H25F2N7O2/c1-25(2)16-6-8-26(25,23-15(16)10-19(32-33-23)22-17(27)4-3-5-18(22)28)21-7-9-29-24(31-21)20-11-30-35(34-20)12-14(37)13-36/h3-5,7,9-11,14,16,36-37H,6,8,12-13H2,1-2H3/t14-,16+,26+/m1/s1. The van der Waals surface area contributed by atoms with Gasteiger partial charge >= 0.3 is 0 Å². The molecule has 1 saturated carbocycles. The molecule has 37 heavy (non-hydrogen) atoms. The summed E-state index contributed by atoms with van der Waals surface area (Å²) < 4.78 is 29.0. The van der Waals surface area contributed by atoms with E-state index in [2.05, 4.69) is 39.2 Å². The summed E-state index contributed by atoms with van der Waals surface area (Å²) in [5.74, 6) is -0.856. The molecule has 2 bridgehead atoms. The SMILES string of the molecule is CC1(C)[C@H]2CC[C@]1(c1ccnc(-c3cnn(C[C@@H](O)CO)n3)n1)c1nnc(-c3c(F)cccc3F)cc12. The largest absolute Gasteiger partial charge is 0.394 e. The number of hydrogen-bond donors (Lipinski definition) is 2. The predicted molar refractivity (Wildman–Crippen MR) is 128 cm³/mol. The molecule has 0 radical (unpaired) electrons. The number of aromatic nitrogens is 7. The summed E-state index contributed by atoms with van der Waals surface area (Å²) in [4.78, 5) is 10.6. The Morgan fingerprint density at radius 2 is 1.92 bits per heavy atom. The molecule has 9 nitrogen and oxygen atoms in total. The van der Waals surface area contributed by atoms with Gasteiger partial charge in [0.1, 0.15) is 17.3 Å². The van der Waals surface area contributed by atoms with E-state index in [0.717, 1.165) is 29.8 Å². The van der Waals surface area contributed by atoms with Gasteiger partial charge in [-0.1, -0.05) is 19.9 Å². The van der Waals surface area contributed by atoms with Crippen LogP contribution in [0.15, 0.2) is 42.7 Å². The van der Waals surface area contributed by atoms with E-state index in [9.17, 15) is 13.9 Å². The fourth-order valence-corrected chi connectivity index (χ4v) is 6.21. The smallest absolute Gasteiger partial charge is 0.181 e. The van der Waals surface area contributed by atoms with Crippen LogP contribution in [0.5, 0.6) is 0 Å². The maximum atomic E-state index is 14.5. The first-order valence-electron chi connectivity index (χ1n) is 12.1. The minimum atomic E-state index is -0.973. The molecule has 3 aromatic heterocycles. The van der Waals surface area contributed by atoms with Gasteiger partial charge in [0.15, 0.2) is 5.82 Å². The molecule has 2 aliphatic carbocycles. The minimum absolute atomic E-state index is 0.0444. The van der Waals surface area contributed by atoms with Gasteiger partial charge < -0.3 is 10.2 Å². The van der Waals surface area contributed by atoms with E-state index in [1.807, 2.05) is 6.07 Å². The Bertz CT molecular complexity index is 1490. The summed E-state index contributed by atoms with van der Waals surface area (Å²) in [5, 5.41) is 36.1. The van der Waals surface area contributed by atoms with Crippen molar-refractivity contribution in [3.63, 3.8) is 0 Å². The molecule has 190 valence electrons. The Labute approximate surface area is 211 Å². The molecule has 3 atom stereocenters. The third-order valence-electron chi connectivity index (χ3n) is 8.04. The average Bonchev–Trinajstić information content (AvgIpc) is 3.51. The number of aliphatic hydroxyl groups is 2. The van der Waals surface area contributed by atoms with Crippen molar-refractivity contribution >= 4 is 0 Å². The van der Waals surface area contributed by atoms with Crippen LogP contribution < -0.4 is 0 Å². The fraction of sp³-hybridized carbons (Fsp3) is 0.385. The maximum absolute atomic E-state index is 14.5. The Hall–Kier alpha value is -3.70. The molecular formula is C26H25F2N7O2. The molecule has 2 aliphatic rings. The quantitative estimate of drug-likeness (QED) is 0.410. The Kier molecular flexibility index (Phi) is 5.39. The van der Waals surface area contributed by atoms with Gasteiger partial charge in [-0.2, -0.15) is 15.0 Å². The number of aliphatic hydroxyl groups excluding tert-OH is 2. The van der Waals surface area contributed by atoms with E-state index < -0.39 is 29.8 Å². The molecular weight excluding hydrogens is 480 g/mol. The molecule has 1 fully saturated rings. The normalized spacial score (nSPS) is 22.3. The zero-order valence-corrected chi connectivity index (χ0v) is 20.3. The van der Waals surface area contributed by atoms with Crippen LogP contribution in [0.25, 0.3) is 22.8 Å². The highest BCUT2D eigenvalue weighted by Gasteiger charge is 2.65. The Morgan fingerprint density at radius 1 is 1.14 bits per heavy atom. The molecule has 0 unspecified atom stereocenters. The third kappa shape index (κ3) is 3.41. The van der Waals surface area contributed by atoms with E-state index in [4.69, 9.17) is 10.1 Å². The van der Waals surface area contributed by atoms with Crippen LogP contribution in [-0.2, 0) is 12.0 Å². The first-order valence-corrected chi connectivity index (χ1v) is 12.1. The summed E-state index contributed by atoms with van der Waals surface area (Å²) >= 11 is 0. The molecule has 1 aromatic carbocycles. The zero-order chi connectivity index (χ0) is 25.9. The molecule has 11 heteroatoms. The molecule has 3 heterocycles. The Morgan fingerprint density at radius 3 is 2.68 bits per heavy atom. The van der Waals surface area contributed by atoms with E-state index in [-0.39, 0.29) is 29.1 Å². The summed E-state index contributed by atoms with van der Waals surface area (Å²) in [6, 6.07) is 7.41. The number of halogens is 2. The number of hydrogen-bond acceptors (Lipinski definition) is 8. The van der Waals surface area contributed by atoms with Crippen LogP contribution in [0.1, 0.15) is 49.6 Å². The van der Waals surface area contributed by atoms with Gasteiger partial charge in [-0.05, 0) is 54.0 Å². The highest BCUT2D eigenvalue weighted by Crippen LogP contribution is 2.69. The van der Waals surface area contributed by atoms with Crippen molar-refractivity contribution in [3.8, 4) is 22.8 Å². The zero-order valence-electron chi connectivity index (χ0n) is 20.3. The van der Waals surface area contributed by atoms with Gasteiger partial charge in [-0.15, -0.1) is 10.2 Å². The van der Waals surface area contributed by atoms with Crippen molar-refractivity contribution in [2.45, 2.75) is 50.7 Å². The van der Waals surface area contributed by atoms with E-state index in [0.29, 0.717) is 11.5 Å². The second-order valence-corrected chi connectivity index (χ2v) is 10.2. The van der Waals surface area contributed by atoms with Crippen LogP contribution in [-0.4, -0.2) is 58.1 Å². The second kappa shape index (κ2) is 8.42. The van der Waals surface area contributed by atoms with Crippen molar-refractivity contribution in [3.05, 3.63) is 71.3 Å². The van der Waals surface area contributed by atoms with E-state index in [1.54, 1.807) is 12.3 Å². The number of fused-ring (bicyclic) bond motifs is 5.